The van der Waals surface area contributed by atoms with E-state index in [9.17, 15) is 26.4 Å². The van der Waals surface area contributed by atoms with E-state index in [1.807, 2.05) is 0 Å². The van der Waals surface area contributed by atoms with E-state index in [-0.39, 0.29) is 5.02 Å². The molecule has 0 fully saturated rings. The molecule has 1 atom stereocenters. The van der Waals surface area contributed by atoms with Crippen LogP contribution >= 0.6 is 11.6 Å². The number of alkyl halides is 3. The van der Waals surface area contributed by atoms with E-state index < -0.39 is 45.3 Å². The molecule has 0 saturated heterocycles. The van der Waals surface area contributed by atoms with Crippen molar-refractivity contribution in [3.63, 3.8) is 0 Å². The van der Waals surface area contributed by atoms with Crippen molar-refractivity contribution < 1.29 is 36.6 Å². The lowest BCUT2D eigenvalue weighted by Gasteiger charge is -2.16. The van der Waals surface area contributed by atoms with Crippen molar-refractivity contribution in [2.45, 2.75) is 17.1 Å². The average molecular weight is 348 g/mol. The first-order valence-corrected chi connectivity index (χ1v) is 7.08. The third kappa shape index (κ3) is 4.30. The van der Waals surface area contributed by atoms with Gasteiger partial charge in [-0.3, -0.25) is 4.79 Å². The maximum absolute atomic E-state index is 12.8. The lowest BCUT2D eigenvalue weighted by Crippen LogP contribution is -2.43. The van der Waals surface area contributed by atoms with Crippen molar-refractivity contribution in [3.8, 4) is 0 Å². The van der Waals surface area contributed by atoms with Gasteiger partial charge in [-0.2, -0.15) is 17.9 Å². The molecular weight excluding hydrogens is 339 g/mol. The number of rotatable bonds is 5. The Labute approximate surface area is 122 Å². The van der Waals surface area contributed by atoms with Crippen molar-refractivity contribution in [2.24, 2.45) is 0 Å². The number of nitrogens with one attached hydrogen (secondary N) is 1. The van der Waals surface area contributed by atoms with Crippen LogP contribution in [0.25, 0.3) is 0 Å². The fourth-order valence-corrected chi connectivity index (χ4v) is 3.04. The molecule has 21 heavy (non-hydrogen) atoms. The van der Waals surface area contributed by atoms with Gasteiger partial charge in [0.15, 0.2) is 0 Å². The Balaban J connectivity index is 3.37. The number of hydrogen-bond acceptors (Lipinski definition) is 4. The van der Waals surface area contributed by atoms with E-state index in [1.54, 1.807) is 0 Å². The van der Waals surface area contributed by atoms with Crippen LogP contribution in [-0.2, 0) is 21.0 Å². The monoisotopic (exact) mass is 347 g/mol. The molecule has 3 N–H and O–H groups in total. The second kappa shape index (κ2) is 6.18. The van der Waals surface area contributed by atoms with Gasteiger partial charge in [-0.05, 0) is 18.2 Å². The van der Waals surface area contributed by atoms with Crippen LogP contribution in [0.1, 0.15) is 5.56 Å². The Bertz CT molecular complexity index is 647. The summed E-state index contributed by atoms with van der Waals surface area (Å²) < 4.78 is 63.6. The van der Waals surface area contributed by atoms with Crippen molar-refractivity contribution in [1.82, 2.24) is 4.72 Å². The number of aliphatic carboxylic acids is 1. The zero-order valence-electron chi connectivity index (χ0n) is 10.1. The summed E-state index contributed by atoms with van der Waals surface area (Å²) in [5.74, 6) is -1.74. The lowest BCUT2D eigenvalue weighted by atomic mass is 10.2. The van der Waals surface area contributed by atoms with Gasteiger partial charge in [-0.1, -0.05) is 11.6 Å². The van der Waals surface area contributed by atoms with Crippen LogP contribution in [-0.4, -0.2) is 37.2 Å². The Kier molecular flexibility index (Phi) is 5.20. The number of aliphatic hydroxyl groups is 1. The van der Waals surface area contributed by atoms with Crippen LogP contribution in [0.15, 0.2) is 23.1 Å². The molecule has 0 spiro atoms. The molecule has 0 aliphatic carbocycles. The van der Waals surface area contributed by atoms with Crippen molar-refractivity contribution >= 4 is 27.6 Å². The molecule has 11 heteroatoms. The highest BCUT2D eigenvalue weighted by Gasteiger charge is 2.38. The van der Waals surface area contributed by atoms with Crippen LogP contribution in [0.5, 0.6) is 0 Å². The molecule has 0 heterocycles. The molecule has 118 valence electrons. The second-order valence-electron chi connectivity index (χ2n) is 3.83. The zero-order valence-corrected chi connectivity index (χ0v) is 11.6. The van der Waals surface area contributed by atoms with Gasteiger partial charge in [0, 0.05) is 5.02 Å². The van der Waals surface area contributed by atoms with E-state index >= 15 is 0 Å². The highest BCUT2D eigenvalue weighted by atomic mass is 35.5. The summed E-state index contributed by atoms with van der Waals surface area (Å²) in [4.78, 5) is 9.43. The Hall–Kier alpha value is -1.36. The van der Waals surface area contributed by atoms with E-state index in [0.29, 0.717) is 12.1 Å². The summed E-state index contributed by atoms with van der Waals surface area (Å²) in [6.45, 7) is -1.13. The Morgan fingerprint density at radius 1 is 1.38 bits per heavy atom. The minimum Gasteiger partial charge on any atom is -0.480 e. The molecule has 1 unspecified atom stereocenters. The first kappa shape index (κ1) is 17.7. The van der Waals surface area contributed by atoms with E-state index in [0.717, 1.165) is 6.07 Å². The molecule has 0 saturated carbocycles. The predicted octanol–water partition coefficient (Wildman–Crippen LogP) is 1.08. The van der Waals surface area contributed by atoms with Gasteiger partial charge < -0.3 is 10.2 Å². The summed E-state index contributed by atoms with van der Waals surface area (Å²) in [7, 11) is -4.85. The van der Waals surface area contributed by atoms with Crippen molar-refractivity contribution in [2.75, 3.05) is 6.61 Å². The van der Waals surface area contributed by atoms with Gasteiger partial charge in [-0.15, -0.1) is 0 Å². The van der Waals surface area contributed by atoms with Gasteiger partial charge in [0.25, 0.3) is 0 Å². The molecule has 0 aliphatic rings. The fraction of sp³-hybridized carbons (Fsp3) is 0.300. The Morgan fingerprint density at radius 3 is 2.38 bits per heavy atom. The number of halogens is 4. The predicted molar refractivity (Wildman–Crippen MR) is 65.3 cm³/mol. The van der Waals surface area contributed by atoms with Gasteiger partial charge in [0.1, 0.15) is 6.04 Å². The number of carbonyl (C=O) groups is 1. The highest BCUT2D eigenvalue weighted by molar-refractivity contribution is 7.89. The second-order valence-corrected chi connectivity index (χ2v) is 5.95. The SMILES string of the molecule is O=C(O)C(CO)NS(=O)(=O)c1cc(Cl)ccc1C(F)(F)F. The maximum Gasteiger partial charge on any atom is 0.417 e. The normalized spacial score (nSPS) is 14.0. The molecule has 0 aromatic heterocycles. The standard InChI is InChI=1S/C10H9ClF3NO5S/c11-5-1-2-6(10(12,13)14)8(3-5)21(19,20)15-7(4-16)9(17)18/h1-3,7,15-16H,4H2,(H,17,18). The molecular formula is C10H9ClF3NO5S. The van der Waals surface area contributed by atoms with Crippen LogP contribution in [0.3, 0.4) is 0 Å². The fourth-order valence-electron chi connectivity index (χ4n) is 1.37. The molecule has 0 radical (unpaired) electrons. The molecule has 0 aliphatic heterocycles. The summed E-state index contributed by atoms with van der Waals surface area (Å²) >= 11 is 5.48. The largest absolute Gasteiger partial charge is 0.480 e. The van der Waals surface area contributed by atoms with Crippen LogP contribution < -0.4 is 4.72 Å². The number of aliphatic hydroxyl groups excluding tert-OH is 1. The molecule has 1 aromatic rings. The molecule has 1 aromatic carbocycles. The molecule has 6 nitrogen and oxygen atoms in total. The van der Waals surface area contributed by atoms with Crippen LogP contribution in [0.4, 0.5) is 13.2 Å². The van der Waals surface area contributed by atoms with E-state index in [4.69, 9.17) is 21.8 Å². The molecule has 0 amide bonds. The number of carboxylic acids is 1. The summed E-state index contributed by atoms with van der Waals surface area (Å²) in [5.41, 5.74) is -1.50. The third-order valence-electron chi connectivity index (χ3n) is 2.32. The topological polar surface area (TPSA) is 104 Å². The summed E-state index contributed by atoms with van der Waals surface area (Å²) in [6, 6.07) is -0.117. The van der Waals surface area contributed by atoms with Crippen molar-refractivity contribution in [3.05, 3.63) is 28.8 Å². The molecule has 0 bridgehead atoms. The highest BCUT2D eigenvalue weighted by Crippen LogP contribution is 2.35. The van der Waals surface area contributed by atoms with Crippen LogP contribution in [0, 0.1) is 0 Å². The number of carboxylic acid groups (broad SMARTS) is 1. The first-order chi connectivity index (χ1) is 9.49. The quantitative estimate of drug-likeness (QED) is 0.739. The minimum atomic E-state index is -4.98. The summed E-state index contributed by atoms with van der Waals surface area (Å²) in [5, 5.41) is 17.1. The van der Waals surface area contributed by atoms with E-state index in [1.165, 1.54) is 4.72 Å². The number of benzene rings is 1. The van der Waals surface area contributed by atoms with Gasteiger partial charge >= 0.3 is 12.1 Å². The maximum atomic E-state index is 12.8. The first-order valence-electron chi connectivity index (χ1n) is 5.22. The molecule has 1 rings (SSSR count). The van der Waals surface area contributed by atoms with Gasteiger partial charge in [0.2, 0.25) is 10.0 Å². The lowest BCUT2D eigenvalue weighted by molar-refractivity contribution is -0.140. The Morgan fingerprint density at radius 2 is 1.95 bits per heavy atom. The zero-order chi connectivity index (χ0) is 16.4. The van der Waals surface area contributed by atoms with Crippen molar-refractivity contribution in [1.29, 1.82) is 0 Å². The minimum absolute atomic E-state index is 0.278. The van der Waals surface area contributed by atoms with Crippen LogP contribution in [0.2, 0.25) is 5.02 Å². The van der Waals surface area contributed by atoms with Gasteiger partial charge in [0.05, 0.1) is 17.1 Å². The van der Waals surface area contributed by atoms with Gasteiger partial charge in [-0.25, -0.2) is 8.42 Å². The smallest absolute Gasteiger partial charge is 0.417 e. The summed E-state index contributed by atoms with van der Waals surface area (Å²) in [6.07, 6.45) is -4.98. The number of sulfonamides is 1. The van der Waals surface area contributed by atoms with E-state index in [2.05, 4.69) is 0 Å². The number of hydrogen-bond donors (Lipinski definition) is 3. The third-order valence-corrected chi connectivity index (χ3v) is 4.06. The average Bonchev–Trinajstić information content (AvgIpc) is 2.34.